The van der Waals surface area contributed by atoms with E-state index in [1.165, 1.54) is 143 Å². The topological polar surface area (TPSA) is 0 Å². The summed E-state index contributed by atoms with van der Waals surface area (Å²) in [6, 6.07) is 91.5. The minimum atomic E-state index is -0.558. The smallest absolute Gasteiger partial charge is 0.0619 e. The van der Waals surface area contributed by atoms with Gasteiger partial charge in [-0.15, -0.1) is 0 Å². The molecular weight excluding hydrogens is 805 g/mol. The molecule has 0 saturated heterocycles. The highest BCUT2D eigenvalue weighted by atomic mass is 14.5. The highest BCUT2D eigenvalue weighted by molar-refractivity contribution is 6.27. The maximum Gasteiger partial charge on any atom is 0.0732 e. The van der Waals surface area contributed by atoms with Crippen molar-refractivity contribution in [3.63, 3.8) is 0 Å². The lowest BCUT2D eigenvalue weighted by Crippen LogP contribution is -2.26. The Morgan fingerprint density at radius 2 is 0.612 bits per heavy atom. The molecule has 15 rings (SSSR count). The van der Waals surface area contributed by atoms with E-state index in [0.29, 0.717) is 0 Å². The fourth-order valence-corrected chi connectivity index (χ4v) is 12.9. The average Bonchev–Trinajstić information content (AvgIpc) is 3.88. The van der Waals surface area contributed by atoms with Gasteiger partial charge >= 0.3 is 0 Å². The zero-order valence-corrected chi connectivity index (χ0v) is 36.6. The molecule has 67 heavy (non-hydrogen) atoms. The van der Waals surface area contributed by atoms with E-state index in [-0.39, 0.29) is 0 Å². The summed E-state index contributed by atoms with van der Waals surface area (Å²) < 4.78 is 0. The monoisotopic (exact) mass is 844 g/mol. The Kier molecular flexibility index (Phi) is 7.52. The Labute approximate surface area is 388 Å². The van der Waals surface area contributed by atoms with Crippen LogP contribution in [0.25, 0.3) is 120 Å². The third-order valence-corrected chi connectivity index (χ3v) is 15.4. The lowest BCUT2D eigenvalue weighted by atomic mass is 9.68. The molecule has 0 heterocycles. The predicted octanol–water partition coefficient (Wildman–Crippen LogP) is 18.0. The molecule has 0 fully saturated rings. The zero-order chi connectivity index (χ0) is 43.8. The van der Waals surface area contributed by atoms with Crippen molar-refractivity contribution >= 4 is 64.6 Å². The van der Waals surface area contributed by atoms with Gasteiger partial charge in [0, 0.05) is 0 Å². The van der Waals surface area contributed by atoms with Gasteiger partial charge in [0.2, 0.25) is 0 Å². The summed E-state index contributed by atoms with van der Waals surface area (Å²) in [5, 5.41) is 15.3. The number of hydrogen-bond donors (Lipinski definition) is 0. The summed E-state index contributed by atoms with van der Waals surface area (Å²) in [6.45, 7) is 0. The first-order valence-corrected chi connectivity index (χ1v) is 23.5. The van der Waals surface area contributed by atoms with Crippen molar-refractivity contribution in [1.29, 1.82) is 0 Å². The maximum absolute atomic E-state index is 2.63. The largest absolute Gasteiger partial charge is 0.0732 e. The summed E-state index contributed by atoms with van der Waals surface area (Å²) in [6.07, 6.45) is 0. The highest BCUT2D eigenvalue weighted by Crippen LogP contribution is 2.67. The van der Waals surface area contributed by atoms with Crippen LogP contribution in [0.1, 0.15) is 22.3 Å². The first-order valence-electron chi connectivity index (χ1n) is 23.5. The number of rotatable bonds is 3. The molecule has 0 radical (unpaired) electrons. The minimum Gasteiger partial charge on any atom is -0.0619 e. The number of hydrogen-bond acceptors (Lipinski definition) is 0. The quantitative estimate of drug-likeness (QED) is 0.123. The summed E-state index contributed by atoms with van der Waals surface area (Å²) in [4.78, 5) is 0. The Hall–Kier alpha value is -8.58. The van der Waals surface area contributed by atoms with E-state index in [4.69, 9.17) is 0 Å². The van der Waals surface area contributed by atoms with Crippen LogP contribution < -0.4 is 0 Å². The lowest BCUT2D eigenvalue weighted by Gasteiger charge is -2.32. The van der Waals surface area contributed by atoms with E-state index in [1.807, 2.05) is 0 Å². The standard InChI is InChI=1S/C67H40/c1-2-20-44-41(18-1)19-17-33-45(44)42-36-38-43(39-37-42)62-53-28-8-10-30-55(53)63(56-31-11-9-29-54(56)62)58-40-61-64(51-26-6-4-23-48(51)58)65-52-27-7-3-21-46(52)47-22-5-12-32-57(47)66(65)67(61)59-34-15-13-24-49(59)50-25-14-16-35-60(50)67/h1-40H. The molecule has 0 amide bonds. The van der Waals surface area contributed by atoms with E-state index < -0.39 is 5.41 Å². The van der Waals surface area contributed by atoms with Crippen LogP contribution in [0.2, 0.25) is 0 Å². The predicted molar refractivity (Wildman–Crippen MR) is 284 cm³/mol. The fraction of sp³-hybridized carbons (Fsp3) is 0.0149. The molecule has 0 unspecified atom stereocenters. The van der Waals surface area contributed by atoms with Gasteiger partial charge < -0.3 is 0 Å². The number of fused-ring (bicyclic) bond motifs is 20. The maximum atomic E-state index is 2.63. The van der Waals surface area contributed by atoms with Crippen LogP contribution in [-0.2, 0) is 5.41 Å². The van der Waals surface area contributed by atoms with Crippen molar-refractivity contribution in [3.8, 4) is 55.6 Å². The van der Waals surface area contributed by atoms with Crippen molar-refractivity contribution in [1.82, 2.24) is 0 Å². The van der Waals surface area contributed by atoms with Crippen molar-refractivity contribution in [3.05, 3.63) is 265 Å². The third kappa shape index (κ3) is 4.81. The van der Waals surface area contributed by atoms with Crippen LogP contribution in [0.15, 0.2) is 243 Å². The molecule has 13 aromatic carbocycles. The van der Waals surface area contributed by atoms with Crippen LogP contribution >= 0.6 is 0 Å². The van der Waals surface area contributed by atoms with Crippen LogP contribution in [0.3, 0.4) is 0 Å². The molecule has 2 aliphatic carbocycles. The van der Waals surface area contributed by atoms with Gasteiger partial charge in [-0.25, -0.2) is 0 Å². The molecule has 308 valence electrons. The molecule has 0 atom stereocenters. The van der Waals surface area contributed by atoms with Gasteiger partial charge in [0.25, 0.3) is 0 Å². The van der Waals surface area contributed by atoms with Gasteiger partial charge in [-0.1, -0.05) is 237 Å². The molecule has 0 nitrogen and oxygen atoms in total. The van der Waals surface area contributed by atoms with Crippen LogP contribution in [0.4, 0.5) is 0 Å². The van der Waals surface area contributed by atoms with Crippen molar-refractivity contribution in [2.24, 2.45) is 0 Å². The van der Waals surface area contributed by atoms with Crippen molar-refractivity contribution < 1.29 is 0 Å². The second-order valence-corrected chi connectivity index (χ2v) is 18.5. The molecule has 2 aliphatic rings. The fourth-order valence-electron chi connectivity index (χ4n) is 12.9. The van der Waals surface area contributed by atoms with Gasteiger partial charge in [0.1, 0.15) is 0 Å². The molecule has 0 aromatic heterocycles. The van der Waals surface area contributed by atoms with Gasteiger partial charge in [-0.3, -0.25) is 0 Å². The van der Waals surface area contributed by atoms with Crippen molar-refractivity contribution in [2.75, 3.05) is 0 Å². The second kappa shape index (κ2) is 13.7. The Balaban J connectivity index is 1.07. The van der Waals surface area contributed by atoms with Crippen LogP contribution in [-0.4, -0.2) is 0 Å². The normalized spacial score (nSPS) is 13.2. The van der Waals surface area contributed by atoms with Crippen molar-refractivity contribution in [2.45, 2.75) is 5.41 Å². The average molecular weight is 845 g/mol. The van der Waals surface area contributed by atoms with E-state index in [2.05, 4.69) is 243 Å². The zero-order valence-electron chi connectivity index (χ0n) is 36.6. The first-order chi connectivity index (χ1) is 33.3. The second-order valence-electron chi connectivity index (χ2n) is 18.5. The van der Waals surface area contributed by atoms with Gasteiger partial charge in [-0.2, -0.15) is 0 Å². The molecule has 0 aliphatic heterocycles. The highest BCUT2D eigenvalue weighted by Gasteiger charge is 2.53. The lowest BCUT2D eigenvalue weighted by molar-refractivity contribution is 0.803. The molecule has 0 saturated carbocycles. The molecule has 13 aromatic rings. The Morgan fingerprint density at radius 1 is 0.209 bits per heavy atom. The third-order valence-electron chi connectivity index (χ3n) is 15.4. The van der Waals surface area contributed by atoms with E-state index in [0.717, 1.165) is 0 Å². The molecule has 0 heteroatoms. The SMILES string of the molecule is c1ccc2c(c1)-c1ccccc1C21c2cc(-c3c4ccccc4c(-c4ccc(-c5cccc6ccccc56)cc4)c4ccccc34)c3ccccc3c2-c2c1c1ccccc1c1ccccc21. The molecule has 0 N–H and O–H groups in total. The van der Waals surface area contributed by atoms with Gasteiger partial charge in [0.15, 0.2) is 0 Å². The first kappa shape index (κ1) is 36.7. The van der Waals surface area contributed by atoms with Crippen LogP contribution in [0.5, 0.6) is 0 Å². The summed E-state index contributed by atoms with van der Waals surface area (Å²) in [7, 11) is 0. The molecule has 1 spiro atoms. The van der Waals surface area contributed by atoms with Gasteiger partial charge in [0.05, 0.1) is 5.41 Å². The molecule has 0 bridgehead atoms. The Morgan fingerprint density at radius 3 is 1.22 bits per heavy atom. The minimum absolute atomic E-state index is 0.558. The van der Waals surface area contributed by atoms with E-state index in [9.17, 15) is 0 Å². The number of benzene rings is 13. The summed E-state index contributed by atoms with van der Waals surface area (Å²) in [5.74, 6) is 0. The van der Waals surface area contributed by atoms with E-state index >= 15 is 0 Å². The van der Waals surface area contributed by atoms with Crippen LogP contribution in [0, 0.1) is 0 Å². The molecular formula is C67H40. The van der Waals surface area contributed by atoms with E-state index in [1.54, 1.807) is 0 Å². The van der Waals surface area contributed by atoms with Gasteiger partial charge in [-0.05, 0) is 149 Å². The Bertz CT molecular complexity index is 4150. The summed E-state index contributed by atoms with van der Waals surface area (Å²) in [5.41, 5.74) is 17.8. The summed E-state index contributed by atoms with van der Waals surface area (Å²) >= 11 is 0.